The summed E-state index contributed by atoms with van der Waals surface area (Å²) in [6.45, 7) is 6.32. The lowest BCUT2D eigenvalue weighted by molar-refractivity contribution is 0.261. The van der Waals surface area contributed by atoms with E-state index in [9.17, 15) is 14.4 Å². The predicted octanol–water partition coefficient (Wildman–Crippen LogP) is 12.2. The van der Waals surface area contributed by atoms with E-state index in [1.165, 1.54) is 29.5 Å². The lowest BCUT2D eigenvalue weighted by Gasteiger charge is -2.11. The summed E-state index contributed by atoms with van der Waals surface area (Å²) in [4.78, 5) is 35.8. The summed E-state index contributed by atoms with van der Waals surface area (Å²) in [5.41, 5.74) is 8.34. The molecule has 0 spiro atoms. The van der Waals surface area contributed by atoms with Gasteiger partial charge in [0.2, 0.25) is 0 Å². The molecule has 66 heavy (non-hydrogen) atoms. The number of carbonyl (C=O) groups excluding carboxylic acids is 3. The number of hydrogen-bond donors (Lipinski definition) is 9. The number of halogens is 3. The molecule has 0 aliphatic carbocycles. The normalized spacial score (nSPS) is 17.2. The number of benzene rings is 6. The minimum absolute atomic E-state index is 0.225. The molecule has 0 radical (unpaired) electrons. The molecule has 12 nitrogen and oxygen atoms in total. The van der Waals surface area contributed by atoms with Gasteiger partial charge in [0.25, 0.3) is 0 Å². The van der Waals surface area contributed by atoms with E-state index in [-0.39, 0.29) is 18.1 Å². The third-order valence-corrected chi connectivity index (χ3v) is 12.4. The van der Waals surface area contributed by atoms with Crippen molar-refractivity contribution < 1.29 is 14.4 Å². The monoisotopic (exact) mass is 945 g/mol. The molecule has 0 saturated carbocycles. The first-order valence-corrected chi connectivity index (χ1v) is 23.2. The molecule has 9 N–H and O–H groups in total. The van der Waals surface area contributed by atoms with Crippen LogP contribution in [0.2, 0.25) is 15.1 Å². The van der Waals surface area contributed by atoms with Crippen LogP contribution in [0.15, 0.2) is 146 Å². The second-order valence-corrected chi connectivity index (χ2v) is 17.4. The van der Waals surface area contributed by atoms with Crippen LogP contribution in [-0.2, 0) is 0 Å². The first-order valence-electron chi connectivity index (χ1n) is 22.1. The molecule has 6 amide bonds. The van der Waals surface area contributed by atoms with E-state index in [1.54, 1.807) is 42.5 Å². The highest BCUT2D eigenvalue weighted by molar-refractivity contribution is 6.42. The van der Waals surface area contributed by atoms with Gasteiger partial charge in [0, 0.05) is 58.8 Å². The second-order valence-electron chi connectivity index (χ2n) is 16.2. The Hall–Kier alpha value is -6.12. The van der Waals surface area contributed by atoms with E-state index >= 15 is 0 Å². The Kier molecular flexibility index (Phi) is 17.7. The van der Waals surface area contributed by atoms with E-state index < -0.39 is 0 Å². The van der Waals surface area contributed by atoms with Gasteiger partial charge in [-0.15, -0.1) is 0 Å². The van der Waals surface area contributed by atoms with Gasteiger partial charge in [0.1, 0.15) is 0 Å². The molecule has 6 aromatic carbocycles. The van der Waals surface area contributed by atoms with Crippen LogP contribution in [0.4, 0.5) is 48.5 Å². The van der Waals surface area contributed by atoms with E-state index in [1.807, 2.05) is 66.7 Å². The van der Waals surface area contributed by atoms with Gasteiger partial charge in [-0.3, -0.25) is 0 Å². The highest BCUT2D eigenvalue weighted by atomic mass is 35.5. The van der Waals surface area contributed by atoms with Crippen molar-refractivity contribution in [2.24, 2.45) is 0 Å². The number of urea groups is 3. The zero-order chi connectivity index (χ0) is 46.1. The van der Waals surface area contributed by atoms with Gasteiger partial charge in [-0.2, -0.15) is 0 Å². The van der Waals surface area contributed by atoms with Crippen LogP contribution >= 0.6 is 34.8 Å². The Morgan fingerprint density at radius 1 is 0.379 bits per heavy atom. The van der Waals surface area contributed by atoms with Gasteiger partial charge < -0.3 is 47.9 Å². The van der Waals surface area contributed by atoms with Crippen LogP contribution < -0.4 is 47.9 Å². The van der Waals surface area contributed by atoms with Gasteiger partial charge in [-0.05, 0) is 164 Å². The zero-order valence-electron chi connectivity index (χ0n) is 36.3. The maximum absolute atomic E-state index is 12.0. The Balaban J connectivity index is 0.000000147. The summed E-state index contributed by atoms with van der Waals surface area (Å²) in [6, 6.07) is 44.6. The van der Waals surface area contributed by atoms with Gasteiger partial charge in [-0.1, -0.05) is 89.4 Å². The Morgan fingerprint density at radius 2 is 0.697 bits per heavy atom. The van der Waals surface area contributed by atoms with Crippen molar-refractivity contribution in [1.29, 1.82) is 0 Å². The zero-order valence-corrected chi connectivity index (χ0v) is 38.6. The van der Waals surface area contributed by atoms with Crippen molar-refractivity contribution in [2.45, 2.75) is 37.0 Å². The highest BCUT2D eigenvalue weighted by Gasteiger charge is 2.18. The number of carbonyl (C=O) groups is 3. The van der Waals surface area contributed by atoms with Crippen molar-refractivity contribution >= 4 is 87.0 Å². The number of nitrogens with one attached hydrogen (secondary N) is 9. The average Bonchev–Trinajstić information content (AvgIpc) is 4.16. The van der Waals surface area contributed by atoms with Crippen LogP contribution in [0, 0.1) is 0 Å². The van der Waals surface area contributed by atoms with Crippen LogP contribution in [0.1, 0.15) is 53.7 Å². The van der Waals surface area contributed by atoms with Crippen LogP contribution in [0.3, 0.4) is 0 Å². The fourth-order valence-corrected chi connectivity index (χ4v) is 8.27. The predicted molar refractivity (Wildman–Crippen MR) is 272 cm³/mol. The van der Waals surface area contributed by atoms with Crippen LogP contribution in [-0.4, -0.2) is 57.4 Å². The molecule has 3 aliphatic heterocycles. The molecule has 3 atom stereocenters. The van der Waals surface area contributed by atoms with Crippen LogP contribution in [0.5, 0.6) is 0 Å². The van der Waals surface area contributed by atoms with Crippen molar-refractivity contribution in [1.82, 2.24) is 16.0 Å². The molecule has 3 unspecified atom stereocenters. The second kappa shape index (κ2) is 24.4. The van der Waals surface area contributed by atoms with E-state index in [2.05, 4.69) is 84.2 Å². The van der Waals surface area contributed by atoms with Crippen molar-refractivity contribution in [3.05, 3.63) is 177 Å². The molecule has 342 valence electrons. The smallest absolute Gasteiger partial charge is 0.316 e. The molecule has 3 heterocycles. The van der Waals surface area contributed by atoms with Gasteiger partial charge >= 0.3 is 18.1 Å². The summed E-state index contributed by atoms with van der Waals surface area (Å²) in [5.74, 6) is 1.74. The molecule has 15 heteroatoms. The summed E-state index contributed by atoms with van der Waals surface area (Å²) in [5, 5.41) is 28.3. The Labute approximate surface area is 401 Å². The third kappa shape index (κ3) is 15.0. The summed E-state index contributed by atoms with van der Waals surface area (Å²) >= 11 is 17.6. The van der Waals surface area contributed by atoms with Gasteiger partial charge in [-0.25, -0.2) is 14.4 Å². The van der Waals surface area contributed by atoms with Gasteiger partial charge in [0.05, 0.1) is 10.0 Å². The maximum Gasteiger partial charge on any atom is 0.323 e. The molecule has 0 bridgehead atoms. The molecule has 9 rings (SSSR count). The molecular weight excluding hydrogens is 893 g/mol. The van der Waals surface area contributed by atoms with Crippen molar-refractivity contribution in [3.63, 3.8) is 0 Å². The lowest BCUT2D eigenvalue weighted by Crippen LogP contribution is -2.19. The first kappa shape index (κ1) is 47.8. The Morgan fingerprint density at radius 3 is 1.03 bits per heavy atom. The summed E-state index contributed by atoms with van der Waals surface area (Å²) in [7, 11) is 0. The number of rotatable bonds is 9. The minimum Gasteiger partial charge on any atom is -0.316 e. The number of amides is 6. The summed E-state index contributed by atoms with van der Waals surface area (Å²) in [6.07, 6.45) is 3.51. The molecule has 6 aromatic rings. The Bertz CT molecular complexity index is 2480. The van der Waals surface area contributed by atoms with Crippen molar-refractivity contribution in [3.8, 4) is 0 Å². The number of para-hydroxylation sites is 1. The lowest BCUT2D eigenvalue weighted by atomic mass is 9.98. The number of hydrogen-bond acceptors (Lipinski definition) is 6. The minimum atomic E-state index is -0.321. The van der Waals surface area contributed by atoms with Crippen LogP contribution in [0.25, 0.3) is 0 Å². The fraction of sp³-hybridized carbons (Fsp3) is 0.235. The molecule has 0 aromatic heterocycles. The van der Waals surface area contributed by atoms with E-state index in [4.69, 9.17) is 34.8 Å². The van der Waals surface area contributed by atoms with Crippen molar-refractivity contribution in [2.75, 3.05) is 71.2 Å². The van der Waals surface area contributed by atoms with E-state index in [0.29, 0.717) is 44.2 Å². The SMILES string of the molecule is O=C(Nc1ccc(C2CCNC2)cc1)Nc1ccc(Cl)c(Cl)c1.O=C(Nc1ccc(Cl)cc1)Nc1ccc(C2CCNC2)cc1.O=C(Nc1ccccc1)Nc1ccc(C2CCNC2)cc1. The maximum atomic E-state index is 12.0. The summed E-state index contributed by atoms with van der Waals surface area (Å²) < 4.78 is 0. The average molecular weight is 947 g/mol. The molecule has 3 aliphatic rings. The first-order chi connectivity index (χ1) is 32.1. The third-order valence-electron chi connectivity index (χ3n) is 11.4. The quantitative estimate of drug-likeness (QED) is 0.0702. The van der Waals surface area contributed by atoms with E-state index in [0.717, 1.165) is 68.4 Å². The topological polar surface area (TPSA) is 159 Å². The number of anilines is 6. The standard InChI is InChI=1S/C17H17Cl2N3O.C17H18ClN3O.C17H19N3O/c18-15-6-5-14(9-16(15)19)22-17(23)21-13-3-1-11(2-4-13)12-7-8-20-10-12;18-14-3-7-16(8-4-14)21-17(22)20-15-5-1-12(2-6-15)13-9-10-19-11-13;21-17(19-15-4-2-1-3-5-15)20-16-8-6-13(7-9-16)14-10-11-18-12-14/h1-6,9,12,20H,7-8,10H2,(H2,21,22,23);1-8,13,19H,9-11H2,(H2,20,21,22);1-9,14,18H,10-12H2,(H2,19,20,21). The molecular formula is C51H54Cl3N9O3. The largest absolute Gasteiger partial charge is 0.323 e. The van der Waals surface area contributed by atoms with Gasteiger partial charge in [0.15, 0.2) is 0 Å². The fourth-order valence-electron chi connectivity index (χ4n) is 7.84. The molecule has 3 fully saturated rings. The molecule has 3 saturated heterocycles. The highest BCUT2D eigenvalue weighted by Crippen LogP contribution is 2.28.